The van der Waals surface area contributed by atoms with E-state index in [9.17, 15) is 9.18 Å². The van der Waals surface area contributed by atoms with E-state index in [-0.39, 0.29) is 24.5 Å². The Hall–Kier alpha value is -3.62. The van der Waals surface area contributed by atoms with Crippen molar-refractivity contribution in [1.82, 2.24) is 20.4 Å². The van der Waals surface area contributed by atoms with Crippen LogP contribution in [0.1, 0.15) is 31.3 Å². The van der Waals surface area contributed by atoms with E-state index in [1.54, 1.807) is 24.0 Å². The number of hydrogen-bond donors (Lipinski definition) is 1. The van der Waals surface area contributed by atoms with Gasteiger partial charge in [0.2, 0.25) is 18.5 Å². The van der Waals surface area contributed by atoms with Gasteiger partial charge in [-0.2, -0.15) is 4.98 Å². The molecule has 9 heteroatoms. The van der Waals surface area contributed by atoms with E-state index in [1.807, 2.05) is 25.1 Å². The molecule has 1 unspecified atom stereocenters. The van der Waals surface area contributed by atoms with Gasteiger partial charge >= 0.3 is 6.03 Å². The lowest BCUT2D eigenvalue weighted by atomic mass is 10.2. The van der Waals surface area contributed by atoms with Gasteiger partial charge in [-0.25, -0.2) is 9.18 Å². The summed E-state index contributed by atoms with van der Waals surface area (Å²) >= 11 is 0. The molecule has 1 N–H and O–H groups in total. The van der Waals surface area contributed by atoms with Gasteiger partial charge in [0.25, 0.3) is 0 Å². The molecule has 3 aromatic rings. The Morgan fingerprint density at radius 3 is 2.73 bits per heavy atom. The smallest absolute Gasteiger partial charge is 0.318 e. The Balaban J connectivity index is 1.40. The average Bonchev–Trinajstić information content (AvgIpc) is 3.41. The lowest BCUT2D eigenvalue weighted by Crippen LogP contribution is -2.40. The Morgan fingerprint density at radius 1 is 1.20 bits per heavy atom. The highest BCUT2D eigenvalue weighted by Gasteiger charge is 2.21. The first kappa shape index (κ1) is 19.7. The number of aromatic nitrogens is 2. The minimum absolute atomic E-state index is 0.207. The highest BCUT2D eigenvalue weighted by atomic mass is 19.1. The molecule has 1 aromatic heterocycles. The second-order valence-electron chi connectivity index (χ2n) is 6.84. The van der Waals surface area contributed by atoms with E-state index in [2.05, 4.69) is 15.5 Å². The molecule has 156 valence electrons. The molecule has 0 bridgehead atoms. The van der Waals surface area contributed by atoms with Gasteiger partial charge in [-0.05, 0) is 55.8 Å². The SMILES string of the molecule is CCN(Cc1ccc2c(c1)OCO2)C(=O)NC(C)c1nc(-c2ccc(F)cc2)no1. The van der Waals surface area contributed by atoms with Gasteiger partial charge in [-0.1, -0.05) is 11.2 Å². The molecule has 2 aromatic carbocycles. The number of carbonyl (C=O) groups excluding carboxylic acids is 1. The Morgan fingerprint density at radius 2 is 1.97 bits per heavy atom. The normalized spacial score (nSPS) is 13.2. The van der Waals surface area contributed by atoms with Crippen molar-refractivity contribution in [2.24, 2.45) is 0 Å². The largest absolute Gasteiger partial charge is 0.454 e. The van der Waals surface area contributed by atoms with Crippen molar-refractivity contribution < 1.29 is 23.2 Å². The van der Waals surface area contributed by atoms with Crippen LogP contribution in [-0.2, 0) is 6.54 Å². The van der Waals surface area contributed by atoms with Crippen LogP contribution in [0.3, 0.4) is 0 Å². The predicted octanol–water partition coefficient (Wildman–Crippen LogP) is 3.90. The zero-order chi connectivity index (χ0) is 21.1. The van der Waals surface area contributed by atoms with Crippen molar-refractivity contribution in [3.8, 4) is 22.9 Å². The molecule has 1 atom stereocenters. The molecule has 1 aliphatic rings. The number of urea groups is 1. The van der Waals surface area contributed by atoms with Crippen molar-refractivity contribution in [3.63, 3.8) is 0 Å². The number of carbonyl (C=O) groups is 1. The van der Waals surface area contributed by atoms with Crippen LogP contribution < -0.4 is 14.8 Å². The molecule has 0 aliphatic carbocycles. The molecule has 1 aliphatic heterocycles. The van der Waals surface area contributed by atoms with Crippen LogP contribution in [0.4, 0.5) is 9.18 Å². The number of benzene rings is 2. The molecule has 0 saturated heterocycles. The summed E-state index contributed by atoms with van der Waals surface area (Å²) in [7, 11) is 0. The maximum atomic E-state index is 13.1. The van der Waals surface area contributed by atoms with Gasteiger partial charge in [0, 0.05) is 18.7 Å². The summed E-state index contributed by atoms with van der Waals surface area (Å²) in [6, 6.07) is 10.6. The lowest BCUT2D eigenvalue weighted by Gasteiger charge is -2.23. The third-order valence-corrected chi connectivity index (χ3v) is 4.73. The fourth-order valence-electron chi connectivity index (χ4n) is 3.05. The molecule has 4 rings (SSSR count). The summed E-state index contributed by atoms with van der Waals surface area (Å²) in [5.41, 5.74) is 1.56. The standard InChI is InChI=1S/C21H21FN4O4/c1-3-26(11-14-4-9-17-18(10-14)29-12-28-17)21(27)23-13(2)20-24-19(25-30-20)15-5-7-16(22)8-6-15/h4-10,13H,3,11-12H2,1-2H3,(H,23,27). The Kier molecular flexibility index (Phi) is 5.51. The van der Waals surface area contributed by atoms with E-state index >= 15 is 0 Å². The molecule has 2 heterocycles. The molecule has 0 radical (unpaired) electrons. The lowest BCUT2D eigenvalue weighted by molar-refractivity contribution is 0.173. The fourth-order valence-corrected chi connectivity index (χ4v) is 3.05. The maximum absolute atomic E-state index is 13.1. The monoisotopic (exact) mass is 412 g/mol. The zero-order valence-corrected chi connectivity index (χ0v) is 16.6. The number of amides is 2. The number of nitrogens with zero attached hydrogens (tertiary/aromatic N) is 3. The summed E-state index contributed by atoms with van der Waals surface area (Å²) < 4.78 is 29.1. The first-order valence-electron chi connectivity index (χ1n) is 9.57. The number of fused-ring (bicyclic) bond motifs is 1. The minimum atomic E-state index is -0.495. The summed E-state index contributed by atoms with van der Waals surface area (Å²) in [5.74, 6) is 1.63. The van der Waals surface area contributed by atoms with E-state index in [0.29, 0.717) is 36.0 Å². The fraction of sp³-hybridized carbons (Fsp3) is 0.286. The van der Waals surface area contributed by atoms with Crippen molar-refractivity contribution in [2.45, 2.75) is 26.4 Å². The molecule has 0 fully saturated rings. The van der Waals surface area contributed by atoms with Gasteiger partial charge in [0.1, 0.15) is 11.9 Å². The van der Waals surface area contributed by atoms with Crippen molar-refractivity contribution in [2.75, 3.05) is 13.3 Å². The van der Waals surface area contributed by atoms with Crippen LogP contribution in [0.2, 0.25) is 0 Å². The van der Waals surface area contributed by atoms with Gasteiger partial charge in [-0.3, -0.25) is 0 Å². The minimum Gasteiger partial charge on any atom is -0.454 e. The first-order chi connectivity index (χ1) is 14.5. The van der Waals surface area contributed by atoms with Crippen LogP contribution in [-0.4, -0.2) is 34.4 Å². The van der Waals surface area contributed by atoms with E-state index in [0.717, 1.165) is 5.56 Å². The number of halogens is 1. The molecular weight excluding hydrogens is 391 g/mol. The van der Waals surface area contributed by atoms with Crippen molar-refractivity contribution in [3.05, 3.63) is 59.7 Å². The molecule has 2 amide bonds. The number of ether oxygens (including phenoxy) is 2. The topological polar surface area (TPSA) is 89.7 Å². The molecule has 8 nitrogen and oxygen atoms in total. The molecule has 0 saturated carbocycles. The van der Waals surface area contributed by atoms with E-state index in [1.165, 1.54) is 12.1 Å². The third kappa shape index (κ3) is 4.19. The molecule has 30 heavy (non-hydrogen) atoms. The summed E-state index contributed by atoms with van der Waals surface area (Å²) in [5, 5.41) is 6.78. The zero-order valence-electron chi connectivity index (χ0n) is 16.6. The van der Waals surface area contributed by atoms with Gasteiger partial charge < -0.3 is 24.2 Å². The molecular formula is C21H21FN4O4. The van der Waals surface area contributed by atoms with Crippen LogP contribution in [0.25, 0.3) is 11.4 Å². The van der Waals surface area contributed by atoms with E-state index < -0.39 is 6.04 Å². The van der Waals surface area contributed by atoms with Crippen molar-refractivity contribution in [1.29, 1.82) is 0 Å². The summed E-state index contributed by atoms with van der Waals surface area (Å²) in [4.78, 5) is 18.7. The van der Waals surface area contributed by atoms with Crippen LogP contribution >= 0.6 is 0 Å². The molecule has 0 spiro atoms. The number of nitrogens with one attached hydrogen (secondary N) is 1. The number of hydrogen-bond acceptors (Lipinski definition) is 6. The third-order valence-electron chi connectivity index (χ3n) is 4.73. The Bertz CT molecular complexity index is 1040. The van der Waals surface area contributed by atoms with Gasteiger partial charge in [0.05, 0.1) is 0 Å². The van der Waals surface area contributed by atoms with Gasteiger partial charge in [-0.15, -0.1) is 0 Å². The van der Waals surface area contributed by atoms with Crippen molar-refractivity contribution >= 4 is 6.03 Å². The van der Waals surface area contributed by atoms with Crippen LogP contribution in [0.15, 0.2) is 47.0 Å². The van der Waals surface area contributed by atoms with Crippen LogP contribution in [0.5, 0.6) is 11.5 Å². The highest BCUT2D eigenvalue weighted by Crippen LogP contribution is 2.32. The highest BCUT2D eigenvalue weighted by molar-refractivity contribution is 5.74. The summed E-state index contributed by atoms with van der Waals surface area (Å²) in [6.07, 6.45) is 0. The predicted molar refractivity (Wildman–Crippen MR) is 105 cm³/mol. The second-order valence-corrected chi connectivity index (χ2v) is 6.84. The van der Waals surface area contributed by atoms with E-state index in [4.69, 9.17) is 14.0 Å². The Labute approximate surface area is 172 Å². The first-order valence-corrected chi connectivity index (χ1v) is 9.57. The van der Waals surface area contributed by atoms with Gasteiger partial charge in [0.15, 0.2) is 11.5 Å². The summed E-state index contributed by atoms with van der Waals surface area (Å²) in [6.45, 7) is 4.79. The quantitative estimate of drug-likeness (QED) is 0.661. The average molecular weight is 412 g/mol. The number of rotatable bonds is 6. The van der Waals surface area contributed by atoms with Crippen LogP contribution in [0, 0.1) is 5.82 Å². The maximum Gasteiger partial charge on any atom is 0.318 e. The second kappa shape index (κ2) is 8.40.